The molecule has 1 atom stereocenters. The summed E-state index contributed by atoms with van der Waals surface area (Å²) in [6.07, 6.45) is 6.63. The second kappa shape index (κ2) is 20.0. The number of carbonyl (C=O) groups excluding carboxylic acids is 2. The number of nitrogens with zero attached hydrogens (tertiary/aromatic N) is 7. The van der Waals surface area contributed by atoms with E-state index >= 15 is 0 Å². The van der Waals surface area contributed by atoms with Gasteiger partial charge in [-0.05, 0) is 98.2 Å². The molecular weight excluding hydrogens is 903 g/mol. The van der Waals surface area contributed by atoms with E-state index < -0.39 is 6.43 Å². The molecule has 3 N–H and O–H groups in total. The smallest absolute Gasteiger partial charge is 0.264 e. The molecule has 14 nitrogen and oxygen atoms in total. The molecule has 5 heterocycles. The van der Waals surface area contributed by atoms with Gasteiger partial charge in [-0.1, -0.05) is 27.7 Å². The fraction of sp³-hybridized carbons (Fsp3) is 0.509. The number of anilines is 2. The number of fused-ring (bicyclic) bond motifs is 1. The Morgan fingerprint density at radius 3 is 2.37 bits per heavy atom. The normalized spacial score (nSPS) is 22.3. The van der Waals surface area contributed by atoms with Crippen molar-refractivity contribution in [1.29, 1.82) is 10.7 Å². The molecule has 0 spiro atoms. The fourth-order valence-corrected chi connectivity index (χ4v) is 12.4. The van der Waals surface area contributed by atoms with Crippen LogP contribution >= 0.6 is 0 Å². The van der Waals surface area contributed by atoms with Crippen LogP contribution in [-0.4, -0.2) is 114 Å². The number of amides is 2. The third-order valence-electron chi connectivity index (χ3n) is 15.9. The number of halogens is 2. The van der Waals surface area contributed by atoms with E-state index in [-0.39, 0.29) is 53.7 Å². The molecule has 5 aliphatic rings. The Morgan fingerprint density at radius 1 is 0.958 bits per heavy atom. The van der Waals surface area contributed by atoms with Crippen LogP contribution in [0.15, 0.2) is 78.3 Å². The standard InChI is InChI=1S/C55H68F2N10O4.H2/c1-34(68)65-25-20-46(45(33-65)50(59)67-22-8-10-36-26-43(38-30-60-63(6)31-38)44(49(56)57)28-47(36)67)61-39-18-23-64(24-19-39)41-11-9-21-66(32-41)40-15-12-35(13-16-40)51(69)62-52-54(2,3)53(55(52,4)5)71-42-17-14-37(29-58)48(27-42)70-7;/h12-17,26-28,30-31,39,41,49,52-53,59,61H,8-11,18-25,32-33H2,1-7H3,(H,62,69);1H/t41-,52?,53?;/m1./s1. The summed E-state index contributed by atoms with van der Waals surface area (Å²) in [7, 11) is 3.30. The van der Waals surface area contributed by atoms with Crippen LogP contribution in [-0.2, 0) is 18.3 Å². The number of nitrogens with one attached hydrogen (secondary N) is 3. The lowest BCUT2D eigenvalue weighted by Gasteiger charge is -2.63. The number of ether oxygens (including phenoxy) is 2. The number of nitriles is 1. The van der Waals surface area contributed by atoms with Crippen molar-refractivity contribution in [1.82, 2.24) is 30.2 Å². The topological polar surface area (TPSA) is 155 Å². The number of piperidine rings is 2. The minimum Gasteiger partial charge on any atom is -0.495 e. The highest BCUT2D eigenvalue weighted by atomic mass is 19.3. The molecule has 0 radical (unpaired) electrons. The van der Waals surface area contributed by atoms with Gasteiger partial charge in [0.1, 0.15) is 29.5 Å². The van der Waals surface area contributed by atoms with Crippen LogP contribution in [0, 0.1) is 27.6 Å². The van der Waals surface area contributed by atoms with Crippen molar-refractivity contribution in [2.45, 2.75) is 110 Å². The first kappa shape index (κ1) is 49.5. The Balaban J connectivity index is 0.00000693. The molecule has 1 saturated carbocycles. The van der Waals surface area contributed by atoms with Gasteiger partial charge in [0.05, 0.1) is 25.4 Å². The van der Waals surface area contributed by atoms with Crippen molar-refractivity contribution in [2.75, 3.05) is 62.7 Å². The second-order valence-corrected chi connectivity index (χ2v) is 21.3. The summed E-state index contributed by atoms with van der Waals surface area (Å²) in [4.78, 5) is 35.2. The number of amidine groups is 1. The first-order chi connectivity index (χ1) is 34.0. The zero-order chi connectivity index (χ0) is 50.4. The zero-order valence-electron chi connectivity index (χ0n) is 42.2. The molecule has 3 fully saturated rings. The molecule has 2 amide bonds. The first-order valence-electron chi connectivity index (χ1n) is 25.2. The molecule has 9 rings (SSSR count). The molecule has 71 heavy (non-hydrogen) atoms. The Hall–Kier alpha value is -6.47. The van der Waals surface area contributed by atoms with E-state index in [1.165, 1.54) is 7.11 Å². The highest BCUT2D eigenvalue weighted by Gasteiger charge is 2.64. The van der Waals surface area contributed by atoms with E-state index in [0.29, 0.717) is 71.5 Å². The molecule has 4 aliphatic heterocycles. The van der Waals surface area contributed by atoms with Gasteiger partial charge in [0.15, 0.2) is 0 Å². The molecular formula is C55H70F2N10O4. The van der Waals surface area contributed by atoms with Crippen LogP contribution in [0.1, 0.15) is 108 Å². The predicted octanol–water partition coefficient (Wildman–Crippen LogP) is 8.72. The van der Waals surface area contributed by atoms with E-state index in [9.17, 15) is 29.0 Å². The Bertz CT molecular complexity index is 2730. The average molecular weight is 973 g/mol. The van der Waals surface area contributed by atoms with E-state index in [4.69, 9.17) is 9.47 Å². The van der Waals surface area contributed by atoms with Crippen LogP contribution < -0.4 is 29.9 Å². The molecule has 1 aromatic heterocycles. The minimum atomic E-state index is -2.70. The predicted molar refractivity (Wildman–Crippen MR) is 273 cm³/mol. The van der Waals surface area contributed by atoms with Crippen molar-refractivity contribution >= 4 is 29.0 Å². The number of hydrogen-bond donors (Lipinski definition) is 3. The van der Waals surface area contributed by atoms with Gasteiger partial charge >= 0.3 is 0 Å². The SMILES string of the molecule is COc1cc(OC2C(C)(C)C(NC(=O)c3ccc(N4CCC[C@@H](N5CCC(NC6=C(C(=N)N7CCCc8cc(-c9cnn(C)c9)c(C(F)F)cc87)CN(C(C)=O)CC6)CC5)C4)cc3)C2(C)C)ccc1C#N.[HH]. The van der Waals surface area contributed by atoms with Gasteiger partial charge in [-0.2, -0.15) is 10.4 Å². The number of carbonyl (C=O) groups is 2. The number of methoxy groups -OCH3 is 1. The average Bonchev–Trinajstić information content (AvgIpc) is 3.82. The second-order valence-electron chi connectivity index (χ2n) is 21.3. The third-order valence-corrected chi connectivity index (χ3v) is 15.9. The van der Waals surface area contributed by atoms with Gasteiger partial charge in [-0.15, -0.1) is 0 Å². The molecule has 0 bridgehead atoms. The van der Waals surface area contributed by atoms with Crippen molar-refractivity contribution in [3.63, 3.8) is 0 Å². The summed E-state index contributed by atoms with van der Waals surface area (Å²) in [5.41, 5.74) is 5.74. The first-order valence-corrected chi connectivity index (χ1v) is 25.2. The number of alkyl halides is 2. The highest BCUT2D eigenvalue weighted by Crippen LogP contribution is 2.56. The van der Waals surface area contributed by atoms with Crippen LogP contribution in [0.25, 0.3) is 11.1 Å². The number of rotatable bonds is 12. The van der Waals surface area contributed by atoms with Crippen molar-refractivity contribution in [2.24, 2.45) is 17.9 Å². The quantitative estimate of drug-likeness (QED) is 0.0928. The van der Waals surface area contributed by atoms with Gasteiger partial charge in [-0.25, -0.2) is 8.78 Å². The van der Waals surface area contributed by atoms with Crippen molar-refractivity contribution in [3.05, 3.63) is 101 Å². The van der Waals surface area contributed by atoms with E-state index in [1.807, 2.05) is 23.1 Å². The summed E-state index contributed by atoms with van der Waals surface area (Å²) in [5, 5.41) is 30.5. The van der Waals surface area contributed by atoms with Crippen LogP contribution in [0.4, 0.5) is 20.2 Å². The van der Waals surface area contributed by atoms with Gasteiger partial charge in [0.25, 0.3) is 12.3 Å². The Labute approximate surface area is 417 Å². The summed E-state index contributed by atoms with van der Waals surface area (Å²) < 4.78 is 42.9. The van der Waals surface area contributed by atoms with Crippen LogP contribution in [0.3, 0.4) is 0 Å². The van der Waals surface area contributed by atoms with Gasteiger partial charge in [-0.3, -0.25) is 24.6 Å². The molecule has 0 unspecified atom stereocenters. The van der Waals surface area contributed by atoms with E-state index in [1.54, 1.807) is 60.2 Å². The summed E-state index contributed by atoms with van der Waals surface area (Å²) in [5.74, 6) is 1.18. The Kier molecular flexibility index (Phi) is 13.9. The largest absolute Gasteiger partial charge is 0.495 e. The van der Waals surface area contributed by atoms with Gasteiger partial charge in [0, 0.05) is 142 Å². The molecule has 4 aromatic rings. The number of aryl methyl sites for hydroxylation is 2. The van der Waals surface area contributed by atoms with Crippen LogP contribution in [0.2, 0.25) is 0 Å². The zero-order valence-corrected chi connectivity index (χ0v) is 42.2. The number of benzene rings is 3. The maximum atomic E-state index is 14.7. The maximum Gasteiger partial charge on any atom is 0.264 e. The number of aromatic nitrogens is 2. The number of hydrogen-bond acceptors (Lipinski definition) is 10. The fourth-order valence-electron chi connectivity index (χ4n) is 12.4. The lowest BCUT2D eigenvalue weighted by molar-refractivity contribution is -0.164. The highest BCUT2D eigenvalue weighted by molar-refractivity contribution is 6.09. The lowest BCUT2D eigenvalue weighted by Crippen LogP contribution is -2.74. The maximum absolute atomic E-state index is 14.7. The third kappa shape index (κ3) is 9.82. The van der Waals surface area contributed by atoms with Crippen LogP contribution in [0.5, 0.6) is 11.5 Å². The Morgan fingerprint density at radius 2 is 1.70 bits per heavy atom. The van der Waals surface area contributed by atoms with Gasteiger partial charge in [0.2, 0.25) is 5.91 Å². The van der Waals surface area contributed by atoms with Crippen molar-refractivity contribution < 1.29 is 29.3 Å². The van der Waals surface area contributed by atoms with E-state index in [0.717, 1.165) is 87.2 Å². The van der Waals surface area contributed by atoms with E-state index in [2.05, 4.69) is 71.4 Å². The summed E-state index contributed by atoms with van der Waals surface area (Å²) in [6.45, 7) is 15.1. The lowest BCUT2D eigenvalue weighted by atomic mass is 9.49. The molecule has 16 heteroatoms. The van der Waals surface area contributed by atoms with Gasteiger partial charge < -0.3 is 34.8 Å². The minimum absolute atomic E-state index is 0. The number of likely N-dealkylation sites (tertiary alicyclic amines) is 1. The monoisotopic (exact) mass is 973 g/mol. The molecule has 1 aliphatic carbocycles. The summed E-state index contributed by atoms with van der Waals surface area (Å²) >= 11 is 0. The molecule has 2 saturated heterocycles. The summed E-state index contributed by atoms with van der Waals surface area (Å²) in [6, 6.07) is 19.2. The molecule has 378 valence electrons. The van der Waals surface area contributed by atoms with Crippen molar-refractivity contribution in [3.8, 4) is 28.7 Å². The molecule has 3 aromatic carbocycles.